The van der Waals surface area contributed by atoms with E-state index in [1.54, 1.807) is 18.3 Å². The molecule has 0 unspecified atom stereocenters. The van der Waals surface area contributed by atoms with Crippen molar-refractivity contribution in [2.75, 3.05) is 12.4 Å². The minimum Gasteiger partial charge on any atom is -0.465 e. The van der Waals surface area contributed by atoms with Gasteiger partial charge in [0.25, 0.3) is 0 Å². The van der Waals surface area contributed by atoms with Crippen molar-refractivity contribution in [3.05, 3.63) is 11.1 Å². The molecule has 13 heavy (non-hydrogen) atoms. The van der Waals surface area contributed by atoms with Crippen LogP contribution in [-0.4, -0.2) is 23.3 Å². The second-order valence-corrected chi connectivity index (χ2v) is 4.43. The minimum absolute atomic E-state index is 0.180. The Morgan fingerprint density at radius 3 is 3.08 bits per heavy atom. The molecule has 0 aliphatic carbocycles. The molecule has 0 amide bonds. The van der Waals surface area contributed by atoms with Gasteiger partial charge in [-0.3, -0.25) is 4.79 Å². The van der Waals surface area contributed by atoms with Crippen molar-refractivity contribution >= 4 is 29.1 Å². The topological polar surface area (TPSA) is 39.2 Å². The molecule has 0 aromatic carbocycles. The Labute approximate surface area is 85.5 Å². The molecule has 0 spiro atoms. The number of carbonyl (C=O) groups is 1. The van der Waals surface area contributed by atoms with Crippen LogP contribution in [0.5, 0.6) is 0 Å². The maximum Gasteiger partial charge on any atom is 0.316 e. The number of esters is 1. The first kappa shape index (κ1) is 10.5. The van der Waals surface area contributed by atoms with Gasteiger partial charge < -0.3 is 4.74 Å². The van der Waals surface area contributed by atoms with Gasteiger partial charge in [0.2, 0.25) is 0 Å². The van der Waals surface area contributed by atoms with Gasteiger partial charge in [-0.1, -0.05) is 11.8 Å². The lowest BCUT2D eigenvalue weighted by Crippen LogP contribution is -2.06. The molecular formula is C8H11NO2S2. The van der Waals surface area contributed by atoms with Crippen LogP contribution in [0, 0.1) is 6.92 Å². The Morgan fingerprint density at radius 2 is 2.54 bits per heavy atom. The van der Waals surface area contributed by atoms with Crippen molar-refractivity contribution in [1.29, 1.82) is 0 Å². The lowest BCUT2D eigenvalue weighted by atomic mass is 10.6. The third-order valence-electron chi connectivity index (χ3n) is 1.22. The summed E-state index contributed by atoms with van der Waals surface area (Å²) >= 11 is 2.98. The summed E-state index contributed by atoms with van der Waals surface area (Å²) in [6, 6.07) is 0. The van der Waals surface area contributed by atoms with E-state index in [4.69, 9.17) is 4.74 Å². The summed E-state index contributed by atoms with van der Waals surface area (Å²) < 4.78 is 5.71. The number of thioether (sulfide) groups is 1. The zero-order valence-corrected chi connectivity index (χ0v) is 9.20. The molecule has 1 aromatic rings. The van der Waals surface area contributed by atoms with Crippen LogP contribution >= 0.6 is 23.1 Å². The van der Waals surface area contributed by atoms with Crippen LogP contribution in [0.4, 0.5) is 0 Å². The van der Waals surface area contributed by atoms with Gasteiger partial charge in [-0.05, 0) is 13.8 Å². The van der Waals surface area contributed by atoms with E-state index in [9.17, 15) is 4.79 Å². The van der Waals surface area contributed by atoms with Crippen molar-refractivity contribution in [2.24, 2.45) is 0 Å². The Hall–Kier alpha value is -0.550. The highest BCUT2D eigenvalue weighted by molar-refractivity contribution is 8.01. The molecule has 0 aliphatic heterocycles. The number of carbonyl (C=O) groups excluding carboxylic acids is 1. The Bertz CT molecular complexity index is 285. The zero-order valence-electron chi connectivity index (χ0n) is 7.57. The highest BCUT2D eigenvalue weighted by Gasteiger charge is 2.05. The summed E-state index contributed by atoms with van der Waals surface area (Å²) in [6.07, 6.45) is 0. The summed E-state index contributed by atoms with van der Waals surface area (Å²) in [6.45, 7) is 4.18. The van der Waals surface area contributed by atoms with Gasteiger partial charge in [0.1, 0.15) is 0 Å². The number of aryl methyl sites for hydroxylation is 1. The lowest BCUT2D eigenvalue weighted by Gasteiger charge is -1.98. The molecule has 0 aliphatic rings. The Morgan fingerprint density at radius 1 is 1.77 bits per heavy atom. The number of aromatic nitrogens is 1. The van der Waals surface area contributed by atoms with Crippen LogP contribution in [0.3, 0.4) is 0 Å². The van der Waals surface area contributed by atoms with Crippen molar-refractivity contribution in [3.8, 4) is 0 Å². The van der Waals surface area contributed by atoms with Gasteiger partial charge >= 0.3 is 5.97 Å². The second kappa shape index (κ2) is 5.24. The molecule has 0 N–H and O–H groups in total. The molecule has 0 radical (unpaired) electrons. The fraction of sp³-hybridized carbons (Fsp3) is 0.500. The third kappa shape index (κ3) is 3.78. The van der Waals surface area contributed by atoms with E-state index in [2.05, 4.69) is 4.98 Å². The van der Waals surface area contributed by atoms with E-state index < -0.39 is 0 Å². The van der Waals surface area contributed by atoms with Gasteiger partial charge in [0.05, 0.1) is 12.4 Å². The SMILES string of the molecule is CCOC(=O)CSc1nc(C)cs1. The molecule has 72 valence electrons. The van der Waals surface area contributed by atoms with E-state index in [1.165, 1.54) is 11.8 Å². The normalized spacial score (nSPS) is 10.0. The van der Waals surface area contributed by atoms with E-state index in [1.807, 2.05) is 12.3 Å². The number of rotatable bonds is 4. The van der Waals surface area contributed by atoms with Crippen LogP contribution in [-0.2, 0) is 9.53 Å². The van der Waals surface area contributed by atoms with E-state index >= 15 is 0 Å². The van der Waals surface area contributed by atoms with E-state index in [-0.39, 0.29) is 5.97 Å². The first-order valence-electron chi connectivity index (χ1n) is 3.93. The monoisotopic (exact) mass is 217 g/mol. The first-order chi connectivity index (χ1) is 6.22. The summed E-state index contributed by atoms with van der Waals surface area (Å²) in [5.41, 5.74) is 0.997. The number of hydrogen-bond donors (Lipinski definition) is 0. The third-order valence-corrected chi connectivity index (χ3v) is 3.33. The number of nitrogens with zero attached hydrogens (tertiary/aromatic N) is 1. The van der Waals surface area contributed by atoms with Crippen LogP contribution in [0.2, 0.25) is 0 Å². The average Bonchev–Trinajstić information content (AvgIpc) is 2.49. The average molecular weight is 217 g/mol. The minimum atomic E-state index is -0.180. The molecule has 0 fully saturated rings. The molecule has 0 atom stereocenters. The van der Waals surface area contributed by atoms with Crippen LogP contribution in [0.15, 0.2) is 9.72 Å². The Kier molecular flexibility index (Phi) is 4.24. The molecule has 3 nitrogen and oxygen atoms in total. The predicted octanol–water partition coefficient (Wildman–Crippen LogP) is 2.11. The zero-order chi connectivity index (χ0) is 9.68. The van der Waals surface area contributed by atoms with Crippen LogP contribution in [0.25, 0.3) is 0 Å². The summed E-state index contributed by atoms with van der Waals surface area (Å²) in [5, 5.41) is 1.97. The number of thiazole rings is 1. The van der Waals surface area contributed by atoms with E-state index in [0.717, 1.165) is 10.0 Å². The molecule has 1 rings (SSSR count). The standard InChI is InChI=1S/C8H11NO2S2/c1-3-11-7(10)5-13-8-9-6(2)4-12-8/h4H,3,5H2,1-2H3. The van der Waals surface area contributed by atoms with Crippen molar-refractivity contribution in [3.63, 3.8) is 0 Å². The number of hydrogen-bond acceptors (Lipinski definition) is 5. The summed E-state index contributed by atoms with van der Waals surface area (Å²) in [4.78, 5) is 15.2. The van der Waals surface area contributed by atoms with Crippen LogP contribution in [0.1, 0.15) is 12.6 Å². The fourth-order valence-corrected chi connectivity index (χ4v) is 2.37. The van der Waals surface area contributed by atoms with E-state index in [0.29, 0.717) is 12.4 Å². The second-order valence-electron chi connectivity index (χ2n) is 2.35. The quantitative estimate of drug-likeness (QED) is 0.572. The predicted molar refractivity (Wildman–Crippen MR) is 54.2 cm³/mol. The Balaban J connectivity index is 2.30. The lowest BCUT2D eigenvalue weighted by molar-refractivity contribution is -0.139. The van der Waals surface area contributed by atoms with Gasteiger partial charge in [-0.15, -0.1) is 11.3 Å². The highest BCUT2D eigenvalue weighted by Crippen LogP contribution is 2.21. The van der Waals surface area contributed by atoms with Gasteiger partial charge in [0.15, 0.2) is 4.34 Å². The molecule has 1 aromatic heterocycles. The summed E-state index contributed by atoms with van der Waals surface area (Å²) in [7, 11) is 0. The van der Waals surface area contributed by atoms with Gasteiger partial charge in [-0.2, -0.15) is 0 Å². The maximum absolute atomic E-state index is 11.0. The summed E-state index contributed by atoms with van der Waals surface area (Å²) in [5.74, 6) is 0.168. The highest BCUT2D eigenvalue weighted by atomic mass is 32.2. The molecule has 0 bridgehead atoms. The molecular weight excluding hydrogens is 206 g/mol. The number of ether oxygens (including phenoxy) is 1. The first-order valence-corrected chi connectivity index (χ1v) is 5.79. The molecule has 1 heterocycles. The molecule has 0 saturated heterocycles. The largest absolute Gasteiger partial charge is 0.465 e. The molecule has 0 saturated carbocycles. The van der Waals surface area contributed by atoms with Crippen LogP contribution < -0.4 is 0 Å². The fourth-order valence-electron chi connectivity index (χ4n) is 0.722. The smallest absolute Gasteiger partial charge is 0.316 e. The molecule has 5 heteroatoms. The van der Waals surface area contributed by atoms with Gasteiger partial charge in [-0.25, -0.2) is 4.98 Å². The van der Waals surface area contributed by atoms with Crippen molar-refractivity contribution < 1.29 is 9.53 Å². The van der Waals surface area contributed by atoms with Crippen molar-refractivity contribution in [1.82, 2.24) is 4.98 Å². The van der Waals surface area contributed by atoms with Gasteiger partial charge in [0, 0.05) is 11.1 Å². The maximum atomic E-state index is 11.0. The van der Waals surface area contributed by atoms with Crippen molar-refractivity contribution in [2.45, 2.75) is 18.2 Å².